The molecule has 0 aliphatic carbocycles. The average Bonchev–Trinajstić information content (AvgIpc) is 3.06. The van der Waals surface area contributed by atoms with Gasteiger partial charge in [0.1, 0.15) is 11.9 Å². The molecule has 5 nitrogen and oxygen atoms in total. The lowest BCUT2D eigenvalue weighted by Gasteiger charge is -2.37. The number of piperazine rings is 1. The van der Waals surface area contributed by atoms with Gasteiger partial charge in [-0.05, 0) is 18.1 Å². The summed E-state index contributed by atoms with van der Waals surface area (Å²) in [4.78, 5) is 19.2. The Morgan fingerprint density at radius 3 is 2.79 bits per heavy atom. The van der Waals surface area contributed by atoms with Gasteiger partial charge in [-0.1, -0.05) is 25.1 Å². The van der Waals surface area contributed by atoms with Gasteiger partial charge in [0.15, 0.2) is 0 Å². The fraction of sp³-hybridized carbons (Fsp3) is 0.474. The molecule has 1 saturated heterocycles. The standard InChI is InChI=1S/C19H23F3N4O.ClH/c1-13(10-14-4-3-5-15(11-14)19(20,21)22)18(27)26-9-6-23-12-16(26)17-24-7-8-25(17)2;/h3-5,7-8,11,13,16,23H,6,9-10,12H2,1-2H3;1H. The van der Waals surface area contributed by atoms with Gasteiger partial charge in [-0.15, -0.1) is 12.4 Å². The van der Waals surface area contributed by atoms with Crippen LogP contribution in [0.25, 0.3) is 0 Å². The predicted octanol–water partition coefficient (Wildman–Crippen LogP) is 3.21. The van der Waals surface area contributed by atoms with Crippen LogP contribution in [0.4, 0.5) is 13.2 Å². The summed E-state index contributed by atoms with van der Waals surface area (Å²) in [6.07, 6.45) is -0.595. The molecule has 1 aromatic heterocycles. The lowest BCUT2D eigenvalue weighted by molar-refractivity contribution is -0.138. The van der Waals surface area contributed by atoms with Crippen molar-refractivity contribution in [1.29, 1.82) is 0 Å². The van der Waals surface area contributed by atoms with E-state index >= 15 is 0 Å². The number of rotatable bonds is 4. The summed E-state index contributed by atoms with van der Waals surface area (Å²) in [6.45, 7) is 3.60. The average molecular weight is 417 g/mol. The van der Waals surface area contributed by atoms with Crippen LogP contribution in [-0.4, -0.2) is 40.0 Å². The highest BCUT2D eigenvalue weighted by molar-refractivity contribution is 5.85. The van der Waals surface area contributed by atoms with Gasteiger partial charge in [0.2, 0.25) is 5.91 Å². The molecule has 28 heavy (non-hydrogen) atoms. The molecular weight excluding hydrogens is 393 g/mol. The van der Waals surface area contributed by atoms with Crippen LogP contribution >= 0.6 is 12.4 Å². The molecule has 2 heterocycles. The number of hydrogen-bond acceptors (Lipinski definition) is 3. The molecule has 3 rings (SSSR count). The highest BCUT2D eigenvalue weighted by atomic mass is 35.5. The maximum Gasteiger partial charge on any atom is 0.416 e. The lowest BCUT2D eigenvalue weighted by atomic mass is 9.97. The largest absolute Gasteiger partial charge is 0.416 e. The number of imidazole rings is 1. The van der Waals surface area contributed by atoms with E-state index in [1.807, 2.05) is 17.8 Å². The van der Waals surface area contributed by atoms with Crippen molar-refractivity contribution in [2.24, 2.45) is 13.0 Å². The molecular formula is C19H24ClF3N4O. The van der Waals surface area contributed by atoms with E-state index in [0.29, 0.717) is 25.2 Å². The van der Waals surface area contributed by atoms with Gasteiger partial charge < -0.3 is 14.8 Å². The van der Waals surface area contributed by atoms with E-state index < -0.39 is 17.7 Å². The lowest BCUT2D eigenvalue weighted by Crippen LogP contribution is -2.51. The number of nitrogens with zero attached hydrogens (tertiary/aromatic N) is 3. The first kappa shape index (κ1) is 22.2. The predicted molar refractivity (Wildman–Crippen MR) is 102 cm³/mol. The van der Waals surface area contributed by atoms with Crippen molar-refractivity contribution < 1.29 is 18.0 Å². The van der Waals surface area contributed by atoms with Crippen LogP contribution in [0.5, 0.6) is 0 Å². The zero-order valence-electron chi connectivity index (χ0n) is 15.7. The quantitative estimate of drug-likeness (QED) is 0.832. The van der Waals surface area contributed by atoms with Crippen LogP contribution in [0.1, 0.15) is 29.9 Å². The van der Waals surface area contributed by atoms with Crippen molar-refractivity contribution in [3.05, 3.63) is 53.6 Å². The number of halogens is 4. The molecule has 2 unspecified atom stereocenters. The first-order valence-corrected chi connectivity index (χ1v) is 8.92. The Labute approximate surface area is 168 Å². The molecule has 0 saturated carbocycles. The van der Waals surface area contributed by atoms with Crippen molar-refractivity contribution >= 4 is 18.3 Å². The van der Waals surface area contributed by atoms with Crippen molar-refractivity contribution in [3.8, 4) is 0 Å². The number of aromatic nitrogens is 2. The minimum absolute atomic E-state index is 0. The van der Waals surface area contributed by atoms with Crippen LogP contribution in [0.15, 0.2) is 36.7 Å². The second-order valence-electron chi connectivity index (χ2n) is 6.95. The van der Waals surface area contributed by atoms with Crippen molar-refractivity contribution in [3.63, 3.8) is 0 Å². The number of hydrogen-bond donors (Lipinski definition) is 1. The van der Waals surface area contributed by atoms with Crippen LogP contribution in [0.3, 0.4) is 0 Å². The third-order valence-corrected chi connectivity index (χ3v) is 4.90. The van der Waals surface area contributed by atoms with Gasteiger partial charge in [-0.25, -0.2) is 4.98 Å². The number of carbonyl (C=O) groups excluding carboxylic acids is 1. The first-order valence-electron chi connectivity index (χ1n) is 8.92. The maximum absolute atomic E-state index is 13.0. The number of aryl methyl sites for hydroxylation is 1. The molecule has 2 atom stereocenters. The molecule has 0 radical (unpaired) electrons. The summed E-state index contributed by atoms with van der Waals surface area (Å²) in [5.74, 6) is 0.304. The summed E-state index contributed by atoms with van der Waals surface area (Å²) in [5, 5.41) is 3.28. The van der Waals surface area contributed by atoms with Gasteiger partial charge in [-0.3, -0.25) is 4.79 Å². The fourth-order valence-electron chi connectivity index (χ4n) is 3.50. The van der Waals surface area contributed by atoms with E-state index in [2.05, 4.69) is 10.3 Å². The Morgan fingerprint density at radius 1 is 1.39 bits per heavy atom. The minimum atomic E-state index is -4.38. The van der Waals surface area contributed by atoms with Crippen LogP contribution < -0.4 is 5.32 Å². The Balaban J connectivity index is 0.00000280. The zero-order valence-corrected chi connectivity index (χ0v) is 16.6. The number of alkyl halides is 3. The van der Waals surface area contributed by atoms with Crippen LogP contribution in [-0.2, 0) is 24.4 Å². The third kappa shape index (κ3) is 4.86. The second-order valence-corrected chi connectivity index (χ2v) is 6.95. The number of benzene rings is 1. The van der Waals surface area contributed by atoms with E-state index in [0.717, 1.165) is 18.0 Å². The highest BCUT2D eigenvalue weighted by Gasteiger charge is 2.33. The summed E-state index contributed by atoms with van der Waals surface area (Å²) in [5.41, 5.74) is -0.179. The van der Waals surface area contributed by atoms with Gasteiger partial charge in [0, 0.05) is 45.0 Å². The van der Waals surface area contributed by atoms with Crippen molar-refractivity contribution in [2.75, 3.05) is 19.6 Å². The summed E-state index contributed by atoms with van der Waals surface area (Å²) >= 11 is 0. The Kier molecular flexibility index (Phi) is 7.11. The van der Waals surface area contributed by atoms with Crippen LogP contribution in [0, 0.1) is 5.92 Å². The topological polar surface area (TPSA) is 50.2 Å². The number of nitrogens with one attached hydrogen (secondary N) is 1. The Hall–Kier alpha value is -2.06. The molecule has 1 fully saturated rings. The molecule has 9 heteroatoms. The second kappa shape index (κ2) is 8.96. The van der Waals surface area contributed by atoms with E-state index in [-0.39, 0.29) is 30.8 Å². The monoisotopic (exact) mass is 416 g/mol. The first-order chi connectivity index (χ1) is 12.8. The van der Waals surface area contributed by atoms with E-state index in [4.69, 9.17) is 0 Å². The summed E-state index contributed by atoms with van der Waals surface area (Å²) < 4.78 is 40.6. The highest BCUT2D eigenvalue weighted by Crippen LogP contribution is 2.30. The summed E-state index contributed by atoms with van der Waals surface area (Å²) in [7, 11) is 1.88. The molecule has 1 aliphatic rings. The maximum atomic E-state index is 13.0. The molecule has 154 valence electrons. The molecule has 1 aliphatic heterocycles. The number of amides is 1. The van der Waals surface area contributed by atoms with E-state index in [9.17, 15) is 18.0 Å². The van der Waals surface area contributed by atoms with Gasteiger partial charge in [0.05, 0.1) is 5.56 Å². The summed E-state index contributed by atoms with van der Waals surface area (Å²) in [6, 6.07) is 5.00. The van der Waals surface area contributed by atoms with Gasteiger partial charge >= 0.3 is 6.18 Å². The fourth-order valence-corrected chi connectivity index (χ4v) is 3.50. The Morgan fingerprint density at radius 2 is 2.14 bits per heavy atom. The van der Waals surface area contributed by atoms with Crippen molar-refractivity contribution in [2.45, 2.75) is 25.6 Å². The normalized spacial score (nSPS) is 18.5. The zero-order chi connectivity index (χ0) is 19.6. The smallest absolute Gasteiger partial charge is 0.336 e. The van der Waals surface area contributed by atoms with E-state index in [1.165, 1.54) is 6.07 Å². The van der Waals surface area contributed by atoms with Crippen LogP contribution in [0.2, 0.25) is 0 Å². The van der Waals surface area contributed by atoms with Crippen molar-refractivity contribution in [1.82, 2.24) is 19.8 Å². The molecule has 1 amide bonds. The van der Waals surface area contributed by atoms with Gasteiger partial charge in [0.25, 0.3) is 0 Å². The minimum Gasteiger partial charge on any atom is -0.336 e. The molecule has 2 aromatic rings. The Bertz CT molecular complexity index is 808. The number of carbonyl (C=O) groups is 1. The van der Waals surface area contributed by atoms with E-state index in [1.54, 1.807) is 24.1 Å². The molecule has 0 spiro atoms. The SMILES string of the molecule is CC(Cc1cccc(C(F)(F)F)c1)C(=O)N1CCNCC1c1nccn1C.Cl. The molecule has 1 N–H and O–H groups in total. The molecule has 1 aromatic carbocycles. The van der Waals surface area contributed by atoms with Gasteiger partial charge in [-0.2, -0.15) is 13.2 Å². The molecule has 0 bridgehead atoms. The third-order valence-electron chi connectivity index (χ3n) is 4.90.